The van der Waals surface area contributed by atoms with Crippen LogP contribution in [0.1, 0.15) is 163 Å². The lowest BCUT2D eigenvalue weighted by Gasteiger charge is -2.34. The molecule has 0 spiro atoms. The van der Waals surface area contributed by atoms with Crippen LogP contribution in [0.2, 0.25) is 0 Å². The van der Waals surface area contributed by atoms with Gasteiger partial charge < -0.3 is 24.4 Å². The molecule has 0 aromatic carbocycles. The van der Waals surface area contributed by atoms with Gasteiger partial charge in [0.1, 0.15) is 6.61 Å². The maximum atomic E-state index is 12.7. The van der Waals surface area contributed by atoms with Crippen molar-refractivity contribution in [2.24, 2.45) is 11.8 Å². The van der Waals surface area contributed by atoms with Crippen LogP contribution < -0.4 is 0 Å². The van der Waals surface area contributed by atoms with Crippen molar-refractivity contribution in [1.29, 1.82) is 0 Å². The minimum Gasteiger partial charge on any atom is -0.465 e. The second kappa shape index (κ2) is 38.6. The number of carbonyl (C=O) groups excluding carboxylic acids is 3. The van der Waals surface area contributed by atoms with Crippen molar-refractivity contribution in [1.82, 2.24) is 14.7 Å². The number of ether oxygens (including phenoxy) is 3. The Balaban J connectivity index is 2.41. The van der Waals surface area contributed by atoms with E-state index in [-0.39, 0.29) is 17.9 Å². The predicted molar refractivity (Wildman–Crippen MR) is 247 cm³/mol. The quantitative estimate of drug-likeness (QED) is 0.0264. The summed E-state index contributed by atoms with van der Waals surface area (Å²) in [5.74, 6) is 2.85. The van der Waals surface area contributed by atoms with Crippen LogP contribution in [0.3, 0.4) is 0 Å². The van der Waals surface area contributed by atoms with Crippen LogP contribution >= 0.6 is 21.6 Å². The van der Waals surface area contributed by atoms with Crippen molar-refractivity contribution in [3.05, 3.63) is 0 Å². The average molecular weight is 876 g/mol. The standard InChI is InChI=1S/C46H89N3O8S2/c1-6-11-34-58-59-35-32-48-29-27-47(28-30-48)31-33-55-44(52)25-20-26-49(36-42(50)21-16-12-14-18-23-45(53)56-38-40(7-2)8-3)37-43(51)22-17-13-15-19-24-46(54)57-39-41(9-4)10-5/h40-43,50-51H,6-39H2,1-5H3. The van der Waals surface area contributed by atoms with Crippen molar-refractivity contribution in [3.8, 4) is 0 Å². The molecule has 0 aromatic rings. The van der Waals surface area contributed by atoms with Crippen LogP contribution in [-0.4, -0.2) is 145 Å². The second-order valence-electron chi connectivity index (χ2n) is 16.7. The van der Waals surface area contributed by atoms with E-state index in [0.717, 1.165) is 116 Å². The number of esters is 3. The fraction of sp³-hybridized carbons (Fsp3) is 0.935. The van der Waals surface area contributed by atoms with Gasteiger partial charge in [0, 0.05) is 83.1 Å². The number of aliphatic hydroxyl groups excluding tert-OH is 2. The van der Waals surface area contributed by atoms with Gasteiger partial charge in [-0.05, 0) is 56.9 Å². The van der Waals surface area contributed by atoms with Crippen molar-refractivity contribution in [2.75, 3.05) is 90.2 Å². The summed E-state index contributed by atoms with van der Waals surface area (Å²) in [6, 6.07) is 0. The van der Waals surface area contributed by atoms with Gasteiger partial charge in [-0.15, -0.1) is 0 Å². The van der Waals surface area contributed by atoms with Crippen LogP contribution in [-0.2, 0) is 28.6 Å². The number of unbranched alkanes of at least 4 members (excludes halogenated alkanes) is 7. The van der Waals surface area contributed by atoms with Crippen LogP contribution in [0.4, 0.5) is 0 Å². The van der Waals surface area contributed by atoms with Gasteiger partial charge in [-0.1, -0.05) is 127 Å². The number of piperazine rings is 1. The summed E-state index contributed by atoms with van der Waals surface area (Å²) < 4.78 is 16.5. The first kappa shape index (κ1) is 55.9. The first-order chi connectivity index (χ1) is 28.6. The topological polar surface area (TPSA) is 129 Å². The molecule has 0 bridgehead atoms. The third-order valence-electron chi connectivity index (χ3n) is 11.7. The Labute approximate surface area is 368 Å². The molecule has 0 aliphatic carbocycles. The Morgan fingerprint density at radius 3 is 1.49 bits per heavy atom. The molecule has 1 aliphatic heterocycles. The molecule has 11 nitrogen and oxygen atoms in total. The largest absolute Gasteiger partial charge is 0.465 e. The Kier molecular flexibility index (Phi) is 36.6. The smallest absolute Gasteiger partial charge is 0.305 e. The van der Waals surface area contributed by atoms with E-state index < -0.39 is 12.2 Å². The maximum Gasteiger partial charge on any atom is 0.305 e. The highest BCUT2D eigenvalue weighted by Crippen LogP contribution is 2.22. The SMILES string of the molecule is CCCCSSCCN1CCN(CCOC(=O)CCCN(CC(O)CCCCCCC(=O)OCC(CC)CC)CC(O)CCCCCCC(=O)OCC(CC)CC)CC1. The molecular formula is C46H89N3O8S2. The number of carbonyl (C=O) groups is 3. The highest BCUT2D eigenvalue weighted by Gasteiger charge is 2.19. The monoisotopic (exact) mass is 876 g/mol. The predicted octanol–water partition coefficient (Wildman–Crippen LogP) is 8.77. The minimum absolute atomic E-state index is 0.117. The molecular weight excluding hydrogens is 787 g/mol. The van der Waals surface area contributed by atoms with Crippen molar-refractivity contribution >= 4 is 39.5 Å². The lowest BCUT2D eigenvalue weighted by molar-refractivity contribution is -0.146. The van der Waals surface area contributed by atoms with E-state index in [2.05, 4.69) is 49.3 Å². The Morgan fingerprint density at radius 1 is 0.559 bits per heavy atom. The second-order valence-corrected chi connectivity index (χ2v) is 19.4. The molecule has 2 unspecified atom stereocenters. The third kappa shape index (κ3) is 32.3. The molecule has 348 valence electrons. The molecule has 0 saturated carbocycles. The summed E-state index contributed by atoms with van der Waals surface area (Å²) in [5, 5.41) is 21.9. The third-order valence-corrected chi connectivity index (χ3v) is 14.2. The van der Waals surface area contributed by atoms with Crippen LogP contribution in [0.25, 0.3) is 0 Å². The first-order valence-corrected chi connectivity index (χ1v) is 26.4. The zero-order valence-electron chi connectivity index (χ0n) is 38.4. The van der Waals surface area contributed by atoms with Crippen molar-refractivity contribution in [3.63, 3.8) is 0 Å². The minimum atomic E-state index is -0.535. The lowest BCUT2D eigenvalue weighted by Crippen LogP contribution is -2.47. The molecule has 1 heterocycles. The van der Waals surface area contributed by atoms with E-state index in [1.807, 2.05) is 21.6 Å². The number of hydrogen-bond donors (Lipinski definition) is 2. The van der Waals surface area contributed by atoms with Gasteiger partial charge >= 0.3 is 17.9 Å². The fourth-order valence-corrected chi connectivity index (χ4v) is 9.45. The number of hydrogen-bond acceptors (Lipinski definition) is 13. The van der Waals surface area contributed by atoms with E-state index in [4.69, 9.17) is 14.2 Å². The molecule has 0 radical (unpaired) electrons. The van der Waals surface area contributed by atoms with E-state index in [0.29, 0.717) is 89.8 Å². The first-order valence-electron chi connectivity index (χ1n) is 23.9. The molecule has 1 rings (SSSR count). The summed E-state index contributed by atoms with van der Waals surface area (Å²) in [6.07, 6.45) is 15.7. The zero-order chi connectivity index (χ0) is 43.4. The molecule has 59 heavy (non-hydrogen) atoms. The van der Waals surface area contributed by atoms with E-state index in [1.165, 1.54) is 24.3 Å². The van der Waals surface area contributed by atoms with Gasteiger partial charge in [0.25, 0.3) is 0 Å². The fourth-order valence-electron chi connectivity index (χ4n) is 7.19. The molecule has 1 fully saturated rings. The van der Waals surface area contributed by atoms with Gasteiger partial charge in [-0.2, -0.15) is 0 Å². The number of nitrogens with zero attached hydrogens (tertiary/aromatic N) is 3. The average Bonchev–Trinajstić information content (AvgIpc) is 3.23. The molecule has 2 atom stereocenters. The Bertz CT molecular complexity index is 967. The summed E-state index contributed by atoms with van der Waals surface area (Å²) in [6.45, 7) is 19.7. The van der Waals surface area contributed by atoms with Gasteiger partial charge in [-0.3, -0.25) is 29.1 Å². The highest BCUT2D eigenvalue weighted by atomic mass is 33.1. The van der Waals surface area contributed by atoms with E-state index in [9.17, 15) is 24.6 Å². The van der Waals surface area contributed by atoms with Gasteiger partial charge in [0.15, 0.2) is 0 Å². The summed E-state index contributed by atoms with van der Waals surface area (Å²) >= 11 is 0. The maximum absolute atomic E-state index is 12.7. The molecule has 13 heteroatoms. The van der Waals surface area contributed by atoms with E-state index in [1.54, 1.807) is 0 Å². The summed E-state index contributed by atoms with van der Waals surface area (Å²) in [5.41, 5.74) is 0. The molecule has 2 N–H and O–H groups in total. The molecule has 1 saturated heterocycles. The van der Waals surface area contributed by atoms with Gasteiger partial charge in [-0.25, -0.2) is 0 Å². The Hall–Kier alpha value is -1.09. The summed E-state index contributed by atoms with van der Waals surface area (Å²) in [7, 11) is 3.98. The van der Waals surface area contributed by atoms with E-state index >= 15 is 0 Å². The van der Waals surface area contributed by atoms with Crippen molar-refractivity contribution in [2.45, 2.75) is 175 Å². The number of aliphatic hydroxyl groups is 2. The molecule has 1 aliphatic rings. The van der Waals surface area contributed by atoms with Crippen LogP contribution in [0, 0.1) is 11.8 Å². The number of rotatable bonds is 40. The lowest BCUT2D eigenvalue weighted by atomic mass is 10.1. The molecule has 0 aromatic heterocycles. The van der Waals surface area contributed by atoms with Gasteiger partial charge in [0.2, 0.25) is 0 Å². The summed E-state index contributed by atoms with van der Waals surface area (Å²) in [4.78, 5) is 43.9. The highest BCUT2D eigenvalue weighted by molar-refractivity contribution is 8.76. The van der Waals surface area contributed by atoms with Crippen LogP contribution in [0.5, 0.6) is 0 Å². The van der Waals surface area contributed by atoms with Crippen molar-refractivity contribution < 1.29 is 38.8 Å². The van der Waals surface area contributed by atoms with Gasteiger partial charge in [0.05, 0.1) is 25.4 Å². The molecule has 0 amide bonds. The van der Waals surface area contributed by atoms with Crippen LogP contribution in [0.15, 0.2) is 0 Å². The normalized spacial score (nSPS) is 14.9. The zero-order valence-corrected chi connectivity index (χ0v) is 40.0. The Morgan fingerprint density at radius 2 is 1.00 bits per heavy atom.